The molecule has 1 amide bonds. The van der Waals surface area contributed by atoms with Gasteiger partial charge in [0.2, 0.25) is 0 Å². The number of carbonyl (C=O) groups is 1. The molecular formula is C17H20FIN4O. The first kappa shape index (κ1) is 19.9. The maximum absolute atomic E-state index is 13.4. The molecule has 2 aromatic rings. The Labute approximate surface area is 157 Å². The summed E-state index contributed by atoms with van der Waals surface area (Å²) in [4.78, 5) is 16.0. The van der Waals surface area contributed by atoms with E-state index >= 15 is 0 Å². The summed E-state index contributed by atoms with van der Waals surface area (Å²) in [5.41, 5.74) is 7.38. The first-order valence-electron chi connectivity index (χ1n) is 7.22. The fourth-order valence-electron chi connectivity index (χ4n) is 1.89. The van der Waals surface area contributed by atoms with Gasteiger partial charge < -0.3 is 16.4 Å². The lowest BCUT2D eigenvalue weighted by Gasteiger charge is -2.06. The number of nitrogens with zero attached hydrogens (tertiary/aromatic N) is 1. The molecule has 4 N–H and O–H groups in total. The van der Waals surface area contributed by atoms with Gasteiger partial charge in [0.1, 0.15) is 5.82 Å². The van der Waals surface area contributed by atoms with Crippen molar-refractivity contribution in [1.29, 1.82) is 0 Å². The zero-order chi connectivity index (χ0) is 16.7. The number of rotatable bonds is 5. The van der Waals surface area contributed by atoms with Crippen molar-refractivity contribution in [3.05, 3.63) is 65.5 Å². The SMILES string of the molecule is Cc1ccc(C(=O)NCCN=C(N)Nc2ccccc2)cc1F.I. The summed E-state index contributed by atoms with van der Waals surface area (Å²) in [6.07, 6.45) is 0. The largest absolute Gasteiger partial charge is 0.370 e. The molecule has 0 saturated carbocycles. The lowest BCUT2D eigenvalue weighted by atomic mass is 10.1. The average Bonchev–Trinajstić information content (AvgIpc) is 2.55. The minimum absolute atomic E-state index is 0. The number of hydrogen-bond donors (Lipinski definition) is 3. The van der Waals surface area contributed by atoms with E-state index in [0.717, 1.165) is 5.69 Å². The molecule has 2 aromatic carbocycles. The standard InChI is InChI=1S/C17H19FN4O.HI/c1-12-7-8-13(11-15(12)18)16(23)20-9-10-21-17(19)22-14-5-3-2-4-6-14;/h2-8,11H,9-10H2,1H3,(H,20,23)(H3,19,21,22);1H. The fraction of sp³-hybridized carbons (Fsp3) is 0.176. The van der Waals surface area contributed by atoms with E-state index in [2.05, 4.69) is 15.6 Å². The Morgan fingerprint density at radius 2 is 1.92 bits per heavy atom. The quantitative estimate of drug-likeness (QED) is 0.289. The number of halogens is 2. The van der Waals surface area contributed by atoms with Crippen LogP contribution in [0.4, 0.5) is 10.1 Å². The van der Waals surface area contributed by atoms with E-state index in [9.17, 15) is 9.18 Å². The van der Waals surface area contributed by atoms with E-state index in [1.54, 1.807) is 19.1 Å². The highest BCUT2D eigenvalue weighted by Crippen LogP contribution is 2.08. The molecule has 0 fully saturated rings. The van der Waals surface area contributed by atoms with Gasteiger partial charge >= 0.3 is 0 Å². The average molecular weight is 442 g/mol. The Kier molecular flexibility index (Phi) is 8.17. The number of nitrogens with two attached hydrogens (primary N) is 1. The summed E-state index contributed by atoms with van der Waals surface area (Å²) < 4.78 is 13.4. The van der Waals surface area contributed by atoms with Gasteiger partial charge in [0.05, 0.1) is 6.54 Å². The second kappa shape index (κ2) is 9.86. The third-order valence-electron chi connectivity index (χ3n) is 3.16. The number of aliphatic imine (C=N–C) groups is 1. The number of para-hydroxylation sites is 1. The summed E-state index contributed by atoms with van der Waals surface area (Å²) in [7, 11) is 0. The second-order valence-corrected chi connectivity index (χ2v) is 4.98. The van der Waals surface area contributed by atoms with E-state index in [0.29, 0.717) is 18.7 Å². The number of nitrogens with one attached hydrogen (secondary N) is 2. The molecule has 7 heteroatoms. The zero-order valence-electron chi connectivity index (χ0n) is 13.3. The summed E-state index contributed by atoms with van der Waals surface area (Å²) in [6.45, 7) is 2.28. The van der Waals surface area contributed by atoms with Crippen LogP contribution in [0.15, 0.2) is 53.5 Å². The number of anilines is 1. The Morgan fingerprint density at radius 1 is 1.21 bits per heavy atom. The van der Waals surface area contributed by atoms with Crippen molar-refractivity contribution in [2.45, 2.75) is 6.92 Å². The van der Waals surface area contributed by atoms with Gasteiger partial charge in [-0.05, 0) is 36.8 Å². The molecule has 0 saturated heterocycles. The third kappa shape index (κ3) is 6.15. The van der Waals surface area contributed by atoms with Crippen LogP contribution in [0.1, 0.15) is 15.9 Å². The van der Waals surface area contributed by atoms with Gasteiger partial charge in [0.25, 0.3) is 5.91 Å². The predicted octanol–water partition coefficient (Wildman–Crippen LogP) is 2.91. The Balaban J connectivity index is 0.00000288. The minimum Gasteiger partial charge on any atom is -0.370 e. The van der Waals surface area contributed by atoms with Gasteiger partial charge in [0.15, 0.2) is 5.96 Å². The molecule has 0 aliphatic carbocycles. The number of hydrogen-bond acceptors (Lipinski definition) is 2. The van der Waals surface area contributed by atoms with Crippen molar-refractivity contribution in [3.63, 3.8) is 0 Å². The van der Waals surface area contributed by atoms with Crippen molar-refractivity contribution < 1.29 is 9.18 Å². The van der Waals surface area contributed by atoms with Gasteiger partial charge in [-0.1, -0.05) is 24.3 Å². The van der Waals surface area contributed by atoms with E-state index in [-0.39, 0.29) is 41.4 Å². The smallest absolute Gasteiger partial charge is 0.251 e. The maximum atomic E-state index is 13.4. The van der Waals surface area contributed by atoms with Crippen LogP contribution in [0, 0.1) is 12.7 Å². The lowest BCUT2D eigenvalue weighted by molar-refractivity contribution is 0.0954. The highest BCUT2D eigenvalue weighted by molar-refractivity contribution is 14.0. The molecule has 0 aliphatic heterocycles. The number of carbonyl (C=O) groups excluding carboxylic acids is 1. The van der Waals surface area contributed by atoms with Gasteiger partial charge in [-0.2, -0.15) is 0 Å². The predicted molar refractivity (Wildman–Crippen MR) is 105 cm³/mol. The molecule has 0 heterocycles. The van der Waals surface area contributed by atoms with Crippen molar-refractivity contribution >= 4 is 41.5 Å². The summed E-state index contributed by atoms with van der Waals surface area (Å²) in [5, 5.41) is 5.61. The Bertz CT molecular complexity index is 707. The highest BCUT2D eigenvalue weighted by atomic mass is 127. The van der Waals surface area contributed by atoms with Gasteiger partial charge in [-0.3, -0.25) is 9.79 Å². The molecule has 2 rings (SSSR count). The number of guanidine groups is 1. The van der Waals surface area contributed by atoms with Crippen molar-refractivity contribution in [2.75, 3.05) is 18.4 Å². The normalized spacial score (nSPS) is 10.7. The molecule has 128 valence electrons. The summed E-state index contributed by atoms with van der Waals surface area (Å²) >= 11 is 0. The molecule has 0 unspecified atom stereocenters. The molecule has 0 aromatic heterocycles. The van der Waals surface area contributed by atoms with Crippen molar-refractivity contribution in [2.24, 2.45) is 10.7 Å². The van der Waals surface area contributed by atoms with Crippen LogP contribution < -0.4 is 16.4 Å². The van der Waals surface area contributed by atoms with Gasteiger partial charge in [-0.25, -0.2) is 4.39 Å². The summed E-state index contributed by atoms with van der Waals surface area (Å²) in [5.74, 6) is -0.465. The van der Waals surface area contributed by atoms with Crippen LogP contribution in [0.3, 0.4) is 0 Å². The molecule has 0 spiro atoms. The highest BCUT2D eigenvalue weighted by Gasteiger charge is 2.07. The monoisotopic (exact) mass is 442 g/mol. The molecular weight excluding hydrogens is 422 g/mol. The first-order valence-corrected chi connectivity index (χ1v) is 7.22. The van der Waals surface area contributed by atoms with E-state index in [4.69, 9.17) is 5.73 Å². The Hall–Kier alpha value is -2.16. The topological polar surface area (TPSA) is 79.5 Å². The number of aryl methyl sites for hydroxylation is 1. The van der Waals surface area contributed by atoms with Crippen LogP contribution in [-0.2, 0) is 0 Å². The Morgan fingerprint density at radius 3 is 2.58 bits per heavy atom. The van der Waals surface area contributed by atoms with E-state index in [1.165, 1.54) is 6.07 Å². The van der Waals surface area contributed by atoms with Crippen LogP contribution in [0.2, 0.25) is 0 Å². The van der Waals surface area contributed by atoms with E-state index in [1.807, 2.05) is 30.3 Å². The van der Waals surface area contributed by atoms with Crippen LogP contribution >= 0.6 is 24.0 Å². The first-order chi connectivity index (χ1) is 11.1. The van der Waals surface area contributed by atoms with Crippen molar-refractivity contribution in [1.82, 2.24) is 5.32 Å². The molecule has 0 radical (unpaired) electrons. The summed E-state index contributed by atoms with van der Waals surface area (Å²) in [6, 6.07) is 13.8. The molecule has 0 bridgehead atoms. The second-order valence-electron chi connectivity index (χ2n) is 4.98. The minimum atomic E-state index is -0.396. The fourth-order valence-corrected chi connectivity index (χ4v) is 1.89. The number of amides is 1. The van der Waals surface area contributed by atoms with Gasteiger partial charge in [-0.15, -0.1) is 24.0 Å². The van der Waals surface area contributed by atoms with Crippen molar-refractivity contribution in [3.8, 4) is 0 Å². The number of benzene rings is 2. The zero-order valence-corrected chi connectivity index (χ0v) is 15.6. The lowest BCUT2D eigenvalue weighted by Crippen LogP contribution is -2.28. The van der Waals surface area contributed by atoms with Crippen LogP contribution in [-0.4, -0.2) is 25.0 Å². The third-order valence-corrected chi connectivity index (χ3v) is 3.16. The molecule has 24 heavy (non-hydrogen) atoms. The maximum Gasteiger partial charge on any atom is 0.251 e. The van der Waals surface area contributed by atoms with E-state index < -0.39 is 5.82 Å². The van der Waals surface area contributed by atoms with Crippen LogP contribution in [0.25, 0.3) is 0 Å². The molecule has 0 atom stereocenters. The van der Waals surface area contributed by atoms with Gasteiger partial charge in [0, 0.05) is 17.8 Å². The van der Waals surface area contributed by atoms with Crippen LogP contribution in [0.5, 0.6) is 0 Å². The molecule has 5 nitrogen and oxygen atoms in total. The molecule has 0 aliphatic rings.